The number of carbonyl (C=O) groups excluding carboxylic acids is 2. The normalized spacial score (nSPS) is 13.1. The van der Waals surface area contributed by atoms with Gasteiger partial charge < -0.3 is 30.3 Å². The van der Waals surface area contributed by atoms with Gasteiger partial charge in [-0.05, 0) is 6.92 Å². The summed E-state index contributed by atoms with van der Waals surface area (Å²) in [6.45, 7) is 0.953. The number of halogens is 1. The number of hydrogen-bond donors (Lipinski definition) is 3. The smallest absolute Gasteiger partial charge is 0.317 e. The molecule has 4 N–H and O–H groups in total. The zero-order valence-corrected chi connectivity index (χ0v) is 12.9. The molecule has 0 fully saturated rings. The molecule has 0 aliphatic carbocycles. The number of hydrogen-bond acceptors (Lipinski definition) is 6. The maximum Gasteiger partial charge on any atom is 0.317 e. The lowest BCUT2D eigenvalue weighted by Crippen LogP contribution is -2.55. The summed E-state index contributed by atoms with van der Waals surface area (Å²) in [6.07, 6.45) is -0.655. The Balaban J connectivity index is -0.000000414. The Bertz CT molecular complexity index is 342. The van der Waals surface area contributed by atoms with E-state index in [9.17, 15) is 24.6 Å². The summed E-state index contributed by atoms with van der Waals surface area (Å²) in [7, 11) is 5.30. The lowest BCUT2D eigenvalue weighted by molar-refractivity contribution is -0.875. The van der Waals surface area contributed by atoms with E-state index in [0.717, 1.165) is 0 Å². The number of ketones is 1. The third-order valence-electron chi connectivity index (χ3n) is 2.00. The standard InChI is InChI=1S/C9H17NO4.C2H5NO2.ClH/c1-7(11)9(14,5-8(12)13)6-10(2,3)4;3-1-2(4)5;/h14H,5-6H2,1-4H3;1,3H2,(H,4,5);1H/t9-;;/m1../s1. The van der Waals surface area contributed by atoms with Crippen molar-refractivity contribution in [1.82, 2.24) is 0 Å². The maximum absolute atomic E-state index is 11.1. The fourth-order valence-corrected chi connectivity index (χ4v) is 1.32. The Morgan fingerprint density at radius 1 is 1.25 bits per heavy atom. The predicted molar refractivity (Wildman–Crippen MR) is 72.1 cm³/mol. The molecular formula is C11H23ClN2O6. The molecule has 0 aromatic heterocycles. The van der Waals surface area contributed by atoms with E-state index in [-0.39, 0.29) is 25.5 Å². The van der Waals surface area contributed by atoms with E-state index in [2.05, 4.69) is 5.73 Å². The van der Waals surface area contributed by atoms with Crippen LogP contribution in [0.5, 0.6) is 0 Å². The van der Waals surface area contributed by atoms with Gasteiger partial charge in [-0.2, -0.15) is 0 Å². The van der Waals surface area contributed by atoms with Crippen LogP contribution < -0.4 is 10.8 Å². The van der Waals surface area contributed by atoms with E-state index in [1.165, 1.54) is 6.92 Å². The molecule has 0 spiro atoms. The van der Waals surface area contributed by atoms with E-state index in [4.69, 9.17) is 5.11 Å². The van der Waals surface area contributed by atoms with Crippen molar-refractivity contribution in [2.45, 2.75) is 18.9 Å². The lowest BCUT2D eigenvalue weighted by Gasteiger charge is -2.34. The number of carboxylic acids is 2. The summed E-state index contributed by atoms with van der Waals surface area (Å²) >= 11 is 0. The molecule has 0 saturated carbocycles. The van der Waals surface area contributed by atoms with Gasteiger partial charge in [0.2, 0.25) is 0 Å². The number of Topliss-reactive ketones (excluding diaryl/α,β-unsaturated/α-hetero) is 1. The minimum Gasteiger partial charge on any atom is -0.550 e. The number of aliphatic carboxylic acids is 2. The number of nitrogens with two attached hydrogens (primary N) is 1. The van der Waals surface area contributed by atoms with Crippen molar-refractivity contribution >= 4 is 30.1 Å². The van der Waals surface area contributed by atoms with Crippen molar-refractivity contribution in [3.63, 3.8) is 0 Å². The Labute approximate surface area is 124 Å². The molecule has 0 aromatic rings. The Morgan fingerprint density at radius 2 is 1.60 bits per heavy atom. The van der Waals surface area contributed by atoms with Crippen LogP contribution in [0.3, 0.4) is 0 Å². The molecule has 0 aliphatic rings. The van der Waals surface area contributed by atoms with Crippen LogP contribution in [0.1, 0.15) is 13.3 Å². The third kappa shape index (κ3) is 13.2. The molecule has 0 saturated heterocycles. The van der Waals surface area contributed by atoms with Gasteiger partial charge in [-0.3, -0.25) is 9.59 Å². The van der Waals surface area contributed by atoms with Gasteiger partial charge in [0.25, 0.3) is 0 Å². The number of carbonyl (C=O) groups is 3. The quantitative estimate of drug-likeness (QED) is 0.464. The molecule has 0 amide bonds. The Hall–Kier alpha value is -1.22. The summed E-state index contributed by atoms with van der Waals surface area (Å²) in [4.78, 5) is 30.7. The van der Waals surface area contributed by atoms with Crippen molar-refractivity contribution in [3.8, 4) is 0 Å². The van der Waals surface area contributed by atoms with Gasteiger partial charge in [0.15, 0.2) is 11.4 Å². The van der Waals surface area contributed by atoms with E-state index >= 15 is 0 Å². The van der Waals surface area contributed by atoms with Gasteiger partial charge >= 0.3 is 5.97 Å². The first kappa shape index (κ1) is 23.8. The molecule has 0 aliphatic heterocycles. The van der Waals surface area contributed by atoms with E-state index in [1.54, 1.807) is 21.1 Å². The molecule has 8 nitrogen and oxygen atoms in total. The fourth-order valence-electron chi connectivity index (χ4n) is 1.32. The second-order valence-corrected chi connectivity index (χ2v) is 5.18. The molecule has 1 atom stereocenters. The maximum atomic E-state index is 11.1. The second-order valence-electron chi connectivity index (χ2n) is 5.18. The summed E-state index contributed by atoms with van der Waals surface area (Å²) < 4.78 is 0.309. The Morgan fingerprint density at radius 3 is 1.75 bits per heavy atom. The minimum absolute atomic E-state index is 0. The van der Waals surface area contributed by atoms with Gasteiger partial charge in [-0.25, -0.2) is 0 Å². The highest BCUT2D eigenvalue weighted by Gasteiger charge is 2.38. The van der Waals surface area contributed by atoms with Crippen molar-refractivity contribution in [2.24, 2.45) is 5.73 Å². The second kappa shape index (κ2) is 9.65. The zero-order chi connectivity index (χ0) is 15.9. The van der Waals surface area contributed by atoms with Crippen LogP contribution in [0.15, 0.2) is 0 Å². The molecule has 0 heterocycles. The summed E-state index contributed by atoms with van der Waals surface area (Å²) in [5, 5.41) is 27.8. The third-order valence-corrected chi connectivity index (χ3v) is 2.00. The first-order chi connectivity index (χ1) is 8.34. The van der Waals surface area contributed by atoms with Gasteiger partial charge in [0.1, 0.15) is 6.54 Å². The van der Waals surface area contributed by atoms with Gasteiger partial charge in [-0.1, -0.05) is 0 Å². The van der Waals surface area contributed by atoms with Crippen LogP contribution >= 0.6 is 12.4 Å². The number of rotatable bonds is 6. The Kier molecular flexibility index (Phi) is 11.5. The van der Waals surface area contributed by atoms with Gasteiger partial charge in [-0.15, -0.1) is 12.4 Å². The number of aliphatic hydroxyl groups is 1. The van der Waals surface area contributed by atoms with Crippen molar-refractivity contribution in [1.29, 1.82) is 0 Å². The number of quaternary nitrogens is 1. The lowest BCUT2D eigenvalue weighted by atomic mass is 9.94. The van der Waals surface area contributed by atoms with Crippen LogP contribution in [0.2, 0.25) is 0 Å². The van der Waals surface area contributed by atoms with Crippen molar-refractivity contribution < 1.29 is 34.2 Å². The van der Waals surface area contributed by atoms with Crippen LogP contribution in [-0.4, -0.2) is 72.3 Å². The summed E-state index contributed by atoms with van der Waals surface area (Å²) in [5.41, 5.74) is 2.75. The van der Waals surface area contributed by atoms with Crippen LogP contribution in [0, 0.1) is 0 Å². The SMILES string of the molecule is CC(=O)[C@@](O)(CC(=O)[O-])C[N+](C)(C)C.Cl.NCC(=O)O. The number of nitrogens with zero attached hydrogens (tertiary/aromatic N) is 1. The summed E-state index contributed by atoms with van der Waals surface area (Å²) in [6, 6.07) is 0. The molecule has 0 bridgehead atoms. The number of carboxylic acid groups (broad SMARTS) is 2. The average Bonchev–Trinajstić information content (AvgIpc) is 2.13. The van der Waals surface area contributed by atoms with Crippen molar-refractivity contribution in [2.75, 3.05) is 34.2 Å². The highest BCUT2D eigenvalue weighted by atomic mass is 35.5. The van der Waals surface area contributed by atoms with E-state index < -0.39 is 29.7 Å². The van der Waals surface area contributed by atoms with Gasteiger partial charge in [0, 0.05) is 12.4 Å². The van der Waals surface area contributed by atoms with Crippen LogP contribution in [0.4, 0.5) is 0 Å². The molecule has 0 radical (unpaired) electrons. The van der Waals surface area contributed by atoms with E-state index in [1.807, 2.05) is 0 Å². The van der Waals surface area contributed by atoms with Gasteiger partial charge in [0.05, 0.1) is 27.7 Å². The predicted octanol–water partition coefficient (Wildman–Crippen LogP) is -2.40. The molecule has 9 heteroatoms. The fraction of sp³-hybridized carbons (Fsp3) is 0.727. The topological polar surface area (TPSA) is 141 Å². The summed E-state index contributed by atoms with van der Waals surface area (Å²) in [5.74, 6) is -2.93. The molecule has 120 valence electrons. The minimum atomic E-state index is -1.82. The molecular weight excluding hydrogens is 292 g/mol. The first-order valence-corrected chi connectivity index (χ1v) is 5.49. The molecule has 20 heavy (non-hydrogen) atoms. The van der Waals surface area contributed by atoms with Crippen LogP contribution in [-0.2, 0) is 14.4 Å². The van der Waals surface area contributed by atoms with E-state index in [0.29, 0.717) is 4.48 Å². The monoisotopic (exact) mass is 314 g/mol. The zero-order valence-electron chi connectivity index (χ0n) is 12.1. The molecule has 0 unspecified atom stereocenters. The van der Waals surface area contributed by atoms with Crippen molar-refractivity contribution in [3.05, 3.63) is 0 Å². The molecule has 0 rings (SSSR count). The largest absolute Gasteiger partial charge is 0.550 e. The number of likely N-dealkylation sites (N-methyl/N-ethyl adjacent to an activating group) is 1. The highest BCUT2D eigenvalue weighted by Crippen LogP contribution is 2.15. The van der Waals surface area contributed by atoms with Crippen LogP contribution in [0.25, 0.3) is 0 Å². The molecule has 0 aromatic carbocycles. The average molecular weight is 315 g/mol. The highest BCUT2D eigenvalue weighted by molar-refractivity contribution is 5.88. The first-order valence-electron chi connectivity index (χ1n) is 5.49.